The maximum atomic E-state index is 11.0. The Bertz CT molecular complexity index is 601. The highest BCUT2D eigenvalue weighted by atomic mass is 32.1. The Balaban J connectivity index is 2.46. The lowest BCUT2D eigenvalue weighted by molar-refractivity contribution is 0.0693. The highest BCUT2D eigenvalue weighted by Gasteiger charge is 2.12. The molecule has 0 spiro atoms. The maximum absolute atomic E-state index is 11.0. The molecule has 0 atom stereocenters. The first kappa shape index (κ1) is 12.3. The van der Waals surface area contributed by atoms with Crippen LogP contribution in [-0.2, 0) is 0 Å². The highest BCUT2D eigenvalue weighted by molar-refractivity contribution is 7.17. The van der Waals surface area contributed by atoms with Crippen LogP contribution in [-0.4, -0.2) is 24.5 Å². The summed E-state index contributed by atoms with van der Waals surface area (Å²) in [7, 11) is 1.43. The van der Waals surface area contributed by atoms with Gasteiger partial charge >= 0.3 is 5.97 Å². The second-order valence-electron chi connectivity index (χ2n) is 3.54. The first-order valence-corrected chi connectivity index (χ1v) is 5.94. The summed E-state index contributed by atoms with van der Waals surface area (Å²) in [5.41, 5.74) is 0.948. The van der Waals surface area contributed by atoms with E-state index in [1.807, 2.05) is 6.07 Å². The van der Waals surface area contributed by atoms with Crippen LogP contribution in [0.5, 0.6) is 5.75 Å². The van der Waals surface area contributed by atoms with Gasteiger partial charge in [-0.2, -0.15) is 0 Å². The summed E-state index contributed by atoms with van der Waals surface area (Å²) < 4.78 is 5.06. The van der Waals surface area contributed by atoms with E-state index in [9.17, 15) is 9.59 Å². The molecule has 5 heteroatoms. The SMILES string of the molecule is COc1cc(-c2ccc(C=O)s2)ccc1C(=O)O. The number of aromatic carboxylic acids is 1. The third-order valence-corrected chi connectivity index (χ3v) is 3.52. The maximum Gasteiger partial charge on any atom is 0.339 e. The van der Waals surface area contributed by atoms with Crippen LogP contribution in [0, 0.1) is 0 Å². The molecule has 0 saturated carbocycles. The minimum absolute atomic E-state index is 0.119. The lowest BCUT2D eigenvalue weighted by Gasteiger charge is -2.06. The predicted octanol–water partition coefficient (Wildman–Crippen LogP) is 2.93. The molecule has 1 aromatic carbocycles. The zero-order valence-corrected chi connectivity index (χ0v) is 10.4. The van der Waals surface area contributed by atoms with Crippen LogP contribution < -0.4 is 4.74 Å². The van der Waals surface area contributed by atoms with Crippen LogP contribution in [0.4, 0.5) is 0 Å². The van der Waals surface area contributed by atoms with Crippen molar-refractivity contribution >= 4 is 23.6 Å². The molecule has 0 aliphatic rings. The Morgan fingerprint density at radius 2 is 2.11 bits per heavy atom. The molecule has 92 valence electrons. The molecule has 2 rings (SSSR count). The molecule has 0 saturated heterocycles. The molecule has 2 aromatic rings. The number of methoxy groups -OCH3 is 1. The summed E-state index contributed by atoms with van der Waals surface area (Å²) in [5, 5.41) is 8.98. The molecule has 4 nitrogen and oxygen atoms in total. The molecule has 18 heavy (non-hydrogen) atoms. The summed E-state index contributed by atoms with van der Waals surface area (Å²) in [6.45, 7) is 0. The number of carboxylic acid groups (broad SMARTS) is 1. The van der Waals surface area contributed by atoms with E-state index >= 15 is 0 Å². The van der Waals surface area contributed by atoms with Crippen molar-refractivity contribution < 1.29 is 19.4 Å². The average molecular weight is 262 g/mol. The second kappa shape index (κ2) is 5.01. The number of hydrogen-bond donors (Lipinski definition) is 1. The Hall–Kier alpha value is -2.14. The minimum atomic E-state index is -1.03. The van der Waals surface area contributed by atoms with E-state index in [2.05, 4.69) is 0 Å². The van der Waals surface area contributed by atoms with Crippen LogP contribution in [0.3, 0.4) is 0 Å². The fourth-order valence-corrected chi connectivity index (χ4v) is 2.41. The van der Waals surface area contributed by atoms with Crippen molar-refractivity contribution in [1.82, 2.24) is 0 Å². The van der Waals surface area contributed by atoms with Crippen LogP contribution in [0.15, 0.2) is 30.3 Å². The van der Waals surface area contributed by atoms with Crippen LogP contribution in [0.1, 0.15) is 20.0 Å². The summed E-state index contributed by atoms with van der Waals surface area (Å²) in [4.78, 5) is 23.1. The van der Waals surface area contributed by atoms with Crippen molar-refractivity contribution in [3.05, 3.63) is 40.8 Å². The number of hydrogen-bond acceptors (Lipinski definition) is 4. The van der Waals surface area contributed by atoms with Crippen LogP contribution >= 0.6 is 11.3 Å². The van der Waals surface area contributed by atoms with Gasteiger partial charge in [-0.25, -0.2) is 4.79 Å². The van der Waals surface area contributed by atoms with E-state index in [0.717, 1.165) is 16.7 Å². The van der Waals surface area contributed by atoms with E-state index in [1.165, 1.54) is 24.5 Å². The van der Waals surface area contributed by atoms with Crippen LogP contribution in [0.2, 0.25) is 0 Å². The standard InChI is InChI=1S/C13H10O4S/c1-17-11-6-8(2-4-10(11)13(15)16)12-5-3-9(7-14)18-12/h2-7H,1H3,(H,15,16). The number of carboxylic acids is 1. The van der Waals surface area contributed by atoms with E-state index in [1.54, 1.807) is 18.2 Å². The molecule has 0 aliphatic heterocycles. The van der Waals surface area contributed by atoms with Crippen molar-refractivity contribution in [3.8, 4) is 16.2 Å². The van der Waals surface area contributed by atoms with Gasteiger partial charge in [0.1, 0.15) is 11.3 Å². The Labute approximate surface area is 107 Å². The summed E-state index contributed by atoms with van der Waals surface area (Å²) >= 11 is 1.35. The summed E-state index contributed by atoms with van der Waals surface area (Å²) in [6.07, 6.45) is 0.789. The van der Waals surface area contributed by atoms with Gasteiger partial charge in [0.15, 0.2) is 6.29 Å². The molecular weight excluding hydrogens is 252 g/mol. The largest absolute Gasteiger partial charge is 0.496 e. The third kappa shape index (κ3) is 2.26. The fourth-order valence-electron chi connectivity index (χ4n) is 1.59. The number of aldehydes is 1. The number of thiophene rings is 1. The molecule has 1 N–H and O–H groups in total. The monoisotopic (exact) mass is 262 g/mol. The Morgan fingerprint density at radius 3 is 2.67 bits per heavy atom. The Morgan fingerprint density at radius 1 is 1.33 bits per heavy atom. The lowest BCUT2D eigenvalue weighted by atomic mass is 10.1. The van der Waals surface area contributed by atoms with E-state index in [4.69, 9.17) is 9.84 Å². The van der Waals surface area contributed by atoms with Gasteiger partial charge in [0.05, 0.1) is 12.0 Å². The summed E-state index contributed by atoms with van der Waals surface area (Å²) in [6, 6.07) is 8.40. The zero-order chi connectivity index (χ0) is 13.1. The van der Waals surface area contributed by atoms with Crippen molar-refractivity contribution in [3.63, 3.8) is 0 Å². The first-order valence-electron chi connectivity index (χ1n) is 5.12. The molecule has 0 radical (unpaired) electrons. The third-order valence-electron chi connectivity index (χ3n) is 2.46. The van der Waals surface area contributed by atoms with Gasteiger partial charge in [-0.3, -0.25) is 4.79 Å². The number of ether oxygens (including phenoxy) is 1. The molecule has 1 heterocycles. The molecule has 0 aliphatic carbocycles. The molecule has 0 fully saturated rings. The van der Waals surface area contributed by atoms with E-state index < -0.39 is 5.97 Å². The molecule has 1 aromatic heterocycles. The minimum Gasteiger partial charge on any atom is -0.496 e. The van der Waals surface area contributed by atoms with Crippen molar-refractivity contribution in [2.75, 3.05) is 7.11 Å². The van der Waals surface area contributed by atoms with Gasteiger partial charge in [0, 0.05) is 4.88 Å². The quantitative estimate of drug-likeness (QED) is 0.860. The Kier molecular flexibility index (Phi) is 3.43. The van der Waals surface area contributed by atoms with E-state index in [-0.39, 0.29) is 5.56 Å². The van der Waals surface area contributed by atoms with Gasteiger partial charge in [0.2, 0.25) is 0 Å². The number of carbonyl (C=O) groups is 2. The molecular formula is C13H10O4S. The van der Waals surface area contributed by atoms with Crippen molar-refractivity contribution in [1.29, 1.82) is 0 Å². The average Bonchev–Trinajstić information content (AvgIpc) is 2.86. The van der Waals surface area contributed by atoms with Crippen molar-refractivity contribution in [2.24, 2.45) is 0 Å². The van der Waals surface area contributed by atoms with Crippen LogP contribution in [0.25, 0.3) is 10.4 Å². The lowest BCUT2D eigenvalue weighted by Crippen LogP contribution is -2.00. The van der Waals surface area contributed by atoms with Crippen molar-refractivity contribution in [2.45, 2.75) is 0 Å². The topological polar surface area (TPSA) is 63.6 Å². The fraction of sp³-hybridized carbons (Fsp3) is 0.0769. The predicted molar refractivity (Wildman–Crippen MR) is 68.7 cm³/mol. The first-order chi connectivity index (χ1) is 8.65. The molecule has 0 unspecified atom stereocenters. The second-order valence-corrected chi connectivity index (χ2v) is 4.66. The highest BCUT2D eigenvalue weighted by Crippen LogP contribution is 2.31. The van der Waals surface area contributed by atoms with Gasteiger partial charge in [-0.1, -0.05) is 6.07 Å². The van der Waals surface area contributed by atoms with Gasteiger partial charge in [-0.15, -0.1) is 11.3 Å². The normalized spacial score (nSPS) is 10.1. The smallest absolute Gasteiger partial charge is 0.339 e. The molecule has 0 amide bonds. The zero-order valence-electron chi connectivity index (χ0n) is 9.54. The van der Waals surface area contributed by atoms with Gasteiger partial charge in [-0.05, 0) is 29.8 Å². The van der Waals surface area contributed by atoms with Gasteiger partial charge < -0.3 is 9.84 Å². The number of rotatable bonds is 4. The summed E-state index contributed by atoms with van der Waals surface area (Å²) in [5.74, 6) is -0.723. The number of carbonyl (C=O) groups excluding carboxylic acids is 1. The number of benzene rings is 1. The molecule has 0 bridgehead atoms. The van der Waals surface area contributed by atoms with Gasteiger partial charge in [0.25, 0.3) is 0 Å². The van der Waals surface area contributed by atoms with E-state index in [0.29, 0.717) is 10.6 Å².